The first-order valence-corrected chi connectivity index (χ1v) is 9.26. The molecule has 0 saturated heterocycles. The Hall–Kier alpha value is -2.62. The Morgan fingerprint density at radius 1 is 0.885 bits per heavy atom. The molecule has 0 aliphatic rings. The van der Waals surface area contributed by atoms with Gasteiger partial charge >= 0.3 is 0 Å². The van der Waals surface area contributed by atoms with Crippen LogP contribution in [0.25, 0.3) is 0 Å². The zero-order chi connectivity index (χ0) is 19.1. The number of hydrogen-bond acceptors (Lipinski definition) is 2. The Kier molecular flexibility index (Phi) is 6.96. The third-order valence-corrected chi connectivity index (χ3v) is 4.30. The third kappa shape index (κ3) is 4.94. The molecule has 2 aromatic rings. The zero-order valence-electron chi connectivity index (χ0n) is 16.1. The predicted octanol–water partition coefficient (Wildman–Crippen LogP) is 4.45. The van der Waals surface area contributed by atoms with Crippen LogP contribution in [-0.4, -0.2) is 18.4 Å². The van der Waals surface area contributed by atoms with Crippen LogP contribution in [0.4, 0.5) is 5.69 Å². The number of amides is 2. The molecule has 0 heterocycles. The van der Waals surface area contributed by atoms with Gasteiger partial charge in [-0.2, -0.15) is 0 Å². The number of hydrogen-bond donors (Lipinski definition) is 2. The maximum atomic E-state index is 12.7. The van der Waals surface area contributed by atoms with Crippen molar-refractivity contribution in [3.8, 4) is 0 Å². The molecule has 0 spiro atoms. The molecule has 2 aromatic carbocycles. The summed E-state index contributed by atoms with van der Waals surface area (Å²) in [7, 11) is 0. The van der Waals surface area contributed by atoms with Gasteiger partial charge in [0.2, 0.25) is 0 Å². The minimum Gasteiger partial charge on any atom is -0.352 e. The van der Waals surface area contributed by atoms with Gasteiger partial charge in [0.25, 0.3) is 11.8 Å². The Morgan fingerprint density at radius 3 is 1.96 bits per heavy atom. The van der Waals surface area contributed by atoms with E-state index in [-0.39, 0.29) is 11.8 Å². The molecule has 0 fully saturated rings. The number of para-hydroxylation sites is 1. The largest absolute Gasteiger partial charge is 0.352 e. The quantitative estimate of drug-likeness (QED) is 0.773. The summed E-state index contributed by atoms with van der Waals surface area (Å²) in [6.07, 6.45) is 1.70. The van der Waals surface area contributed by atoms with Crippen molar-refractivity contribution < 1.29 is 9.59 Å². The number of rotatable bonds is 7. The maximum Gasteiger partial charge on any atom is 0.255 e. The van der Waals surface area contributed by atoms with E-state index in [0.29, 0.717) is 23.6 Å². The Bertz CT molecular complexity index is 759. The molecule has 26 heavy (non-hydrogen) atoms. The standard InChI is InChI=1S/C22H28N2O2/c1-5-16-9-7-10-17(6-2)20(16)24-22(26)19-12-8-11-18(13-19)21(25)23-14-15(3)4/h7-13,15H,5-6,14H2,1-4H3,(H,23,25)(H,24,26). The molecule has 4 nitrogen and oxygen atoms in total. The summed E-state index contributed by atoms with van der Waals surface area (Å²) in [5, 5.41) is 5.92. The van der Waals surface area contributed by atoms with E-state index in [4.69, 9.17) is 0 Å². The van der Waals surface area contributed by atoms with Crippen LogP contribution < -0.4 is 10.6 Å². The molecule has 0 unspecified atom stereocenters. The fourth-order valence-electron chi connectivity index (χ4n) is 2.79. The molecule has 0 radical (unpaired) electrons. The second-order valence-corrected chi connectivity index (χ2v) is 6.80. The number of aryl methyl sites for hydroxylation is 2. The third-order valence-electron chi connectivity index (χ3n) is 4.30. The summed E-state index contributed by atoms with van der Waals surface area (Å²) in [6, 6.07) is 12.9. The topological polar surface area (TPSA) is 58.2 Å². The van der Waals surface area contributed by atoms with Gasteiger partial charge in [0.05, 0.1) is 0 Å². The SMILES string of the molecule is CCc1cccc(CC)c1NC(=O)c1cccc(C(=O)NCC(C)C)c1. The second-order valence-electron chi connectivity index (χ2n) is 6.80. The van der Waals surface area contributed by atoms with Crippen molar-refractivity contribution in [2.75, 3.05) is 11.9 Å². The van der Waals surface area contributed by atoms with Crippen molar-refractivity contribution in [2.45, 2.75) is 40.5 Å². The first-order chi connectivity index (χ1) is 12.5. The second kappa shape index (κ2) is 9.18. The highest BCUT2D eigenvalue weighted by atomic mass is 16.2. The summed E-state index contributed by atoms with van der Waals surface area (Å²) >= 11 is 0. The average Bonchev–Trinajstić information content (AvgIpc) is 2.66. The number of nitrogens with one attached hydrogen (secondary N) is 2. The van der Waals surface area contributed by atoms with E-state index in [2.05, 4.69) is 24.5 Å². The van der Waals surface area contributed by atoms with Crippen LogP contribution in [0.2, 0.25) is 0 Å². The molecule has 2 amide bonds. The molecule has 0 atom stereocenters. The molecule has 4 heteroatoms. The number of benzene rings is 2. The van der Waals surface area contributed by atoms with Gasteiger partial charge in [-0.25, -0.2) is 0 Å². The summed E-state index contributed by atoms with van der Waals surface area (Å²) in [4.78, 5) is 25.0. The van der Waals surface area contributed by atoms with E-state index in [1.807, 2.05) is 32.0 Å². The van der Waals surface area contributed by atoms with E-state index < -0.39 is 0 Å². The molecule has 0 aliphatic heterocycles. The Balaban J connectivity index is 2.21. The Labute approximate surface area is 156 Å². The minimum absolute atomic E-state index is 0.156. The number of carbonyl (C=O) groups excluding carboxylic acids is 2. The van der Waals surface area contributed by atoms with Crippen molar-refractivity contribution in [1.82, 2.24) is 5.32 Å². The lowest BCUT2D eigenvalue weighted by Gasteiger charge is -2.15. The fraction of sp³-hybridized carbons (Fsp3) is 0.364. The molecular weight excluding hydrogens is 324 g/mol. The van der Waals surface area contributed by atoms with Gasteiger partial charge in [-0.1, -0.05) is 52.0 Å². The zero-order valence-corrected chi connectivity index (χ0v) is 16.1. The molecule has 138 valence electrons. The Morgan fingerprint density at radius 2 is 1.42 bits per heavy atom. The highest BCUT2D eigenvalue weighted by molar-refractivity contribution is 6.06. The number of anilines is 1. The van der Waals surface area contributed by atoms with E-state index in [1.165, 1.54) is 0 Å². The first kappa shape index (κ1) is 19.7. The van der Waals surface area contributed by atoms with Crippen LogP contribution in [0.1, 0.15) is 59.5 Å². The van der Waals surface area contributed by atoms with Crippen LogP contribution in [0.5, 0.6) is 0 Å². The molecule has 0 aromatic heterocycles. The van der Waals surface area contributed by atoms with E-state index in [9.17, 15) is 9.59 Å². The van der Waals surface area contributed by atoms with Gasteiger partial charge in [0.1, 0.15) is 0 Å². The predicted molar refractivity (Wildman–Crippen MR) is 107 cm³/mol. The van der Waals surface area contributed by atoms with Gasteiger partial charge in [-0.15, -0.1) is 0 Å². The average molecular weight is 352 g/mol. The molecule has 2 rings (SSSR count). The highest BCUT2D eigenvalue weighted by Crippen LogP contribution is 2.23. The molecule has 2 N–H and O–H groups in total. The molecule has 0 saturated carbocycles. The summed E-state index contributed by atoms with van der Waals surface area (Å²) < 4.78 is 0. The van der Waals surface area contributed by atoms with Crippen LogP contribution >= 0.6 is 0 Å². The van der Waals surface area contributed by atoms with Crippen molar-refractivity contribution in [3.05, 3.63) is 64.7 Å². The smallest absolute Gasteiger partial charge is 0.255 e. The fourth-order valence-corrected chi connectivity index (χ4v) is 2.79. The van der Waals surface area contributed by atoms with Crippen LogP contribution in [-0.2, 0) is 12.8 Å². The van der Waals surface area contributed by atoms with E-state index >= 15 is 0 Å². The van der Waals surface area contributed by atoms with Gasteiger partial charge < -0.3 is 10.6 Å². The summed E-state index contributed by atoms with van der Waals surface area (Å²) in [5.74, 6) is 0.0270. The van der Waals surface area contributed by atoms with Crippen molar-refractivity contribution in [1.29, 1.82) is 0 Å². The van der Waals surface area contributed by atoms with Crippen LogP contribution in [0.3, 0.4) is 0 Å². The van der Waals surface area contributed by atoms with Gasteiger partial charge in [-0.3, -0.25) is 9.59 Å². The lowest BCUT2D eigenvalue weighted by atomic mass is 10.0. The van der Waals surface area contributed by atoms with E-state index in [1.54, 1.807) is 24.3 Å². The number of carbonyl (C=O) groups is 2. The molecule has 0 bridgehead atoms. The minimum atomic E-state index is -0.195. The van der Waals surface area contributed by atoms with Crippen molar-refractivity contribution in [3.63, 3.8) is 0 Å². The van der Waals surface area contributed by atoms with Crippen molar-refractivity contribution in [2.24, 2.45) is 5.92 Å². The normalized spacial score (nSPS) is 10.7. The summed E-state index contributed by atoms with van der Waals surface area (Å²) in [5.41, 5.74) is 4.09. The van der Waals surface area contributed by atoms with Crippen LogP contribution in [0, 0.1) is 5.92 Å². The summed E-state index contributed by atoms with van der Waals surface area (Å²) in [6.45, 7) is 8.84. The van der Waals surface area contributed by atoms with Gasteiger partial charge in [-0.05, 0) is 48.1 Å². The first-order valence-electron chi connectivity index (χ1n) is 9.26. The lowest BCUT2D eigenvalue weighted by molar-refractivity contribution is 0.0949. The molecular formula is C22H28N2O2. The van der Waals surface area contributed by atoms with Crippen molar-refractivity contribution >= 4 is 17.5 Å². The maximum absolute atomic E-state index is 12.7. The van der Waals surface area contributed by atoms with Crippen LogP contribution in [0.15, 0.2) is 42.5 Å². The highest BCUT2D eigenvalue weighted by Gasteiger charge is 2.14. The molecule has 0 aliphatic carbocycles. The monoisotopic (exact) mass is 352 g/mol. The van der Waals surface area contributed by atoms with Gasteiger partial charge in [0.15, 0.2) is 0 Å². The van der Waals surface area contributed by atoms with E-state index in [0.717, 1.165) is 29.7 Å². The lowest BCUT2D eigenvalue weighted by Crippen LogP contribution is -2.27. The van der Waals surface area contributed by atoms with Gasteiger partial charge in [0, 0.05) is 23.4 Å².